The van der Waals surface area contributed by atoms with E-state index >= 15 is 0 Å². The van der Waals surface area contributed by atoms with E-state index in [0.717, 1.165) is 27.8 Å². The van der Waals surface area contributed by atoms with Crippen LogP contribution < -0.4 is 10.6 Å². The Balaban J connectivity index is 0.00000324. The maximum absolute atomic E-state index is 11.9. The molecule has 108 valence electrons. The second-order valence-corrected chi connectivity index (χ2v) is 5.01. The van der Waals surface area contributed by atoms with E-state index in [2.05, 4.69) is 33.2 Å². The first-order valence-corrected chi connectivity index (χ1v) is 6.97. The molecule has 6 heteroatoms. The molecule has 0 aliphatic heterocycles. The molecule has 0 unspecified atom stereocenters. The van der Waals surface area contributed by atoms with Crippen LogP contribution >= 0.6 is 35.0 Å². The summed E-state index contributed by atoms with van der Waals surface area (Å²) < 4.78 is 5.93. The first-order valence-electron chi connectivity index (χ1n) is 5.89. The molecule has 0 aliphatic rings. The summed E-state index contributed by atoms with van der Waals surface area (Å²) in [6.07, 6.45) is 0. The van der Waals surface area contributed by atoms with Gasteiger partial charge in [0.15, 0.2) is 0 Å². The first-order chi connectivity index (χ1) is 8.66. The summed E-state index contributed by atoms with van der Waals surface area (Å²) in [6.45, 7) is 4.85. The molecule has 0 heterocycles. The summed E-state index contributed by atoms with van der Waals surface area (Å²) in [4.78, 5) is 11.9. The minimum atomic E-state index is -0.0170. The lowest BCUT2D eigenvalue weighted by atomic mass is 10.1. The van der Waals surface area contributed by atoms with E-state index < -0.39 is 0 Å². The summed E-state index contributed by atoms with van der Waals surface area (Å²) in [5.74, 6) is -0.0170. The van der Waals surface area contributed by atoms with Crippen molar-refractivity contribution < 1.29 is 9.53 Å². The Labute approximate surface area is 134 Å². The molecular weight excluding hydrogens is 379 g/mol. The number of ether oxygens (including phenoxy) is 1. The number of rotatable bonds is 7. The topological polar surface area (TPSA) is 50.4 Å². The molecule has 4 nitrogen and oxygen atoms in total. The zero-order valence-corrected chi connectivity index (χ0v) is 14.1. The smallest absolute Gasteiger partial charge is 0.252 e. The highest BCUT2D eigenvalue weighted by Crippen LogP contribution is 2.16. The van der Waals surface area contributed by atoms with Crippen molar-refractivity contribution in [1.82, 2.24) is 10.6 Å². The van der Waals surface area contributed by atoms with Crippen LogP contribution in [0.5, 0.6) is 0 Å². The number of methoxy groups -OCH3 is 1. The van der Waals surface area contributed by atoms with Crippen molar-refractivity contribution in [2.75, 3.05) is 33.4 Å². The molecule has 1 aromatic carbocycles. The molecule has 0 saturated carbocycles. The molecule has 2 N–H and O–H groups in total. The van der Waals surface area contributed by atoms with Crippen molar-refractivity contribution in [3.63, 3.8) is 0 Å². The lowest BCUT2D eigenvalue weighted by Gasteiger charge is -2.09. The quantitative estimate of drug-likeness (QED) is 0.545. The van der Waals surface area contributed by atoms with E-state index in [4.69, 9.17) is 4.74 Å². The lowest BCUT2D eigenvalue weighted by Crippen LogP contribution is -2.33. The molecule has 1 amide bonds. The van der Waals surface area contributed by atoms with Crippen LogP contribution in [0.2, 0.25) is 0 Å². The normalized spacial score (nSPS) is 9.84. The van der Waals surface area contributed by atoms with Crippen LogP contribution in [0.4, 0.5) is 0 Å². The van der Waals surface area contributed by atoms with Gasteiger partial charge in [-0.3, -0.25) is 4.79 Å². The number of hydrogen-bond acceptors (Lipinski definition) is 3. The van der Waals surface area contributed by atoms with Crippen molar-refractivity contribution in [1.29, 1.82) is 0 Å². The van der Waals surface area contributed by atoms with Crippen molar-refractivity contribution in [3.05, 3.63) is 32.9 Å². The minimum absolute atomic E-state index is 0. The maximum Gasteiger partial charge on any atom is 0.252 e. The van der Waals surface area contributed by atoms with Gasteiger partial charge < -0.3 is 15.4 Å². The minimum Gasteiger partial charge on any atom is -0.383 e. The fraction of sp³-hybridized carbons (Fsp3) is 0.462. The summed E-state index contributed by atoms with van der Waals surface area (Å²) in [6, 6.07) is 5.76. The summed E-state index contributed by atoms with van der Waals surface area (Å²) in [7, 11) is 1.67. The van der Waals surface area contributed by atoms with Crippen LogP contribution in [0.1, 0.15) is 15.9 Å². The Bertz CT molecular complexity index is 402. The number of amides is 1. The molecule has 1 aromatic rings. The van der Waals surface area contributed by atoms with E-state index in [1.165, 1.54) is 0 Å². The van der Waals surface area contributed by atoms with Crippen LogP contribution in [0, 0.1) is 10.5 Å². The molecule has 1 rings (SSSR count). The van der Waals surface area contributed by atoms with E-state index in [1.807, 2.05) is 25.1 Å². The highest BCUT2D eigenvalue weighted by molar-refractivity contribution is 14.1. The predicted octanol–water partition coefficient (Wildman–Crippen LogP) is 1.99. The summed E-state index contributed by atoms with van der Waals surface area (Å²) in [5, 5.41) is 6.07. The Morgan fingerprint density at radius 2 is 2.05 bits per heavy atom. The van der Waals surface area contributed by atoms with Crippen LogP contribution in [-0.2, 0) is 4.74 Å². The SMILES string of the molecule is COCCNCCNC(=O)c1cccc(C)c1I.Cl. The zero-order chi connectivity index (χ0) is 13.4. The third kappa shape index (κ3) is 6.56. The highest BCUT2D eigenvalue weighted by atomic mass is 127. The predicted molar refractivity (Wildman–Crippen MR) is 88.2 cm³/mol. The zero-order valence-electron chi connectivity index (χ0n) is 11.2. The van der Waals surface area contributed by atoms with Crippen LogP contribution in [0.15, 0.2) is 18.2 Å². The van der Waals surface area contributed by atoms with Gasteiger partial charge in [-0.2, -0.15) is 0 Å². The molecule has 0 atom stereocenters. The Hall–Kier alpha value is -0.370. The average molecular weight is 399 g/mol. The van der Waals surface area contributed by atoms with Gasteiger partial charge in [-0.05, 0) is 41.1 Å². The van der Waals surface area contributed by atoms with E-state index in [0.29, 0.717) is 13.2 Å². The monoisotopic (exact) mass is 398 g/mol. The second-order valence-electron chi connectivity index (χ2n) is 3.94. The van der Waals surface area contributed by atoms with Gasteiger partial charge in [0.1, 0.15) is 0 Å². The largest absolute Gasteiger partial charge is 0.383 e. The average Bonchev–Trinajstić information content (AvgIpc) is 2.36. The van der Waals surface area contributed by atoms with Gasteiger partial charge in [0.2, 0.25) is 0 Å². The number of aryl methyl sites for hydroxylation is 1. The van der Waals surface area contributed by atoms with Crippen molar-refractivity contribution >= 4 is 40.9 Å². The van der Waals surface area contributed by atoms with Crippen LogP contribution in [0.25, 0.3) is 0 Å². The molecular formula is C13H20ClIN2O2. The second kappa shape index (κ2) is 10.4. The van der Waals surface area contributed by atoms with Crippen molar-refractivity contribution in [3.8, 4) is 0 Å². The molecule has 19 heavy (non-hydrogen) atoms. The molecule has 0 bridgehead atoms. The Morgan fingerprint density at radius 3 is 2.74 bits per heavy atom. The molecule has 0 aromatic heterocycles. The Kier molecular flexibility index (Phi) is 10.2. The molecule has 0 saturated heterocycles. The van der Waals surface area contributed by atoms with E-state index in [9.17, 15) is 4.79 Å². The van der Waals surface area contributed by atoms with E-state index in [1.54, 1.807) is 7.11 Å². The van der Waals surface area contributed by atoms with Gasteiger partial charge in [-0.1, -0.05) is 12.1 Å². The summed E-state index contributed by atoms with van der Waals surface area (Å²) in [5.41, 5.74) is 1.87. The van der Waals surface area contributed by atoms with Gasteiger partial charge in [-0.15, -0.1) is 12.4 Å². The maximum atomic E-state index is 11.9. The summed E-state index contributed by atoms with van der Waals surface area (Å²) >= 11 is 2.21. The molecule has 0 spiro atoms. The Morgan fingerprint density at radius 1 is 1.32 bits per heavy atom. The lowest BCUT2D eigenvalue weighted by molar-refractivity contribution is 0.0952. The molecule has 0 aliphatic carbocycles. The van der Waals surface area contributed by atoms with Gasteiger partial charge in [0, 0.05) is 30.3 Å². The number of halogens is 2. The number of benzene rings is 1. The van der Waals surface area contributed by atoms with Crippen molar-refractivity contribution in [2.45, 2.75) is 6.92 Å². The van der Waals surface area contributed by atoms with E-state index in [-0.39, 0.29) is 18.3 Å². The van der Waals surface area contributed by atoms with Gasteiger partial charge >= 0.3 is 0 Å². The van der Waals surface area contributed by atoms with Crippen molar-refractivity contribution in [2.24, 2.45) is 0 Å². The first kappa shape index (κ1) is 18.6. The standard InChI is InChI=1S/C13H19IN2O2.ClH/c1-10-4-3-5-11(12(10)14)13(17)16-7-6-15-8-9-18-2;/h3-5,15H,6-9H2,1-2H3,(H,16,17);1H. The molecule has 0 radical (unpaired) electrons. The van der Waals surface area contributed by atoms with Crippen LogP contribution in [0.3, 0.4) is 0 Å². The number of carbonyl (C=O) groups is 1. The fourth-order valence-corrected chi connectivity index (χ4v) is 2.09. The number of hydrogen-bond donors (Lipinski definition) is 2. The molecule has 0 fully saturated rings. The third-order valence-electron chi connectivity index (χ3n) is 2.51. The van der Waals surface area contributed by atoms with Gasteiger partial charge in [0.25, 0.3) is 5.91 Å². The number of carbonyl (C=O) groups excluding carboxylic acids is 1. The van der Waals surface area contributed by atoms with Gasteiger partial charge in [-0.25, -0.2) is 0 Å². The van der Waals surface area contributed by atoms with Crippen LogP contribution in [-0.4, -0.2) is 39.3 Å². The van der Waals surface area contributed by atoms with Gasteiger partial charge in [0.05, 0.1) is 12.2 Å². The highest BCUT2D eigenvalue weighted by Gasteiger charge is 2.09. The third-order valence-corrected chi connectivity index (χ3v) is 3.94. The number of nitrogens with one attached hydrogen (secondary N) is 2. The fourth-order valence-electron chi connectivity index (χ4n) is 1.48.